The molecule has 2 N–H and O–H groups in total. The van der Waals surface area contributed by atoms with Crippen molar-refractivity contribution in [3.8, 4) is 5.88 Å². The fraction of sp³-hybridized carbons (Fsp3) is 0.200. The molecule has 1 amide bonds. The maximum atomic E-state index is 12.5. The largest absolute Gasteiger partial charge is 0.494 e. The van der Waals surface area contributed by atoms with E-state index in [0.29, 0.717) is 0 Å². The fourth-order valence-corrected chi connectivity index (χ4v) is 4.20. The van der Waals surface area contributed by atoms with Gasteiger partial charge >= 0.3 is 5.69 Å². The number of nitrogens with one attached hydrogen (secondary N) is 1. The van der Waals surface area contributed by atoms with E-state index in [1.165, 1.54) is 23.3 Å². The van der Waals surface area contributed by atoms with Crippen LogP contribution in [0.5, 0.6) is 5.88 Å². The van der Waals surface area contributed by atoms with Crippen LogP contribution in [0.15, 0.2) is 62.5 Å². The molecular weight excluding hydrogens is 392 g/mol. The number of hydrazone groups is 1. The van der Waals surface area contributed by atoms with Gasteiger partial charge in [-0.25, -0.2) is 9.80 Å². The molecule has 3 aromatic rings. The summed E-state index contributed by atoms with van der Waals surface area (Å²) in [5, 5.41) is 18.3. The summed E-state index contributed by atoms with van der Waals surface area (Å²) in [7, 11) is 0. The number of carbonyl (C=O) groups is 1. The highest BCUT2D eigenvalue weighted by atomic mass is 32.1. The molecule has 0 bridgehead atoms. The lowest BCUT2D eigenvalue weighted by Gasteiger charge is -2.18. The number of amides is 1. The van der Waals surface area contributed by atoms with Crippen molar-refractivity contribution < 1.29 is 9.90 Å². The van der Waals surface area contributed by atoms with Gasteiger partial charge in [0.2, 0.25) is 11.8 Å². The normalized spacial score (nSPS) is 16.1. The van der Waals surface area contributed by atoms with Gasteiger partial charge in [0.05, 0.1) is 18.3 Å². The third-order valence-electron chi connectivity index (χ3n) is 4.75. The van der Waals surface area contributed by atoms with Gasteiger partial charge in [-0.2, -0.15) is 5.10 Å². The Balaban J connectivity index is 1.78. The Morgan fingerprint density at radius 3 is 2.66 bits per heavy atom. The highest BCUT2D eigenvalue weighted by Crippen LogP contribution is 2.35. The quantitative estimate of drug-likeness (QED) is 0.686. The molecule has 1 aliphatic rings. The molecule has 1 aromatic carbocycles. The minimum Gasteiger partial charge on any atom is -0.494 e. The summed E-state index contributed by atoms with van der Waals surface area (Å²) in [5.74, 6) is -0.733. The van der Waals surface area contributed by atoms with Crippen molar-refractivity contribution >= 4 is 23.0 Å². The van der Waals surface area contributed by atoms with Gasteiger partial charge in [-0.1, -0.05) is 36.4 Å². The topological polar surface area (TPSA) is 108 Å². The summed E-state index contributed by atoms with van der Waals surface area (Å²) in [6.45, 7) is 1.49. The number of aromatic hydroxyl groups is 1. The smallest absolute Gasteiger partial charge is 0.331 e. The minimum atomic E-state index is -0.731. The van der Waals surface area contributed by atoms with Crippen LogP contribution in [-0.2, 0) is 11.3 Å². The predicted octanol–water partition coefficient (Wildman–Crippen LogP) is 2.05. The van der Waals surface area contributed by atoms with Gasteiger partial charge in [0, 0.05) is 18.2 Å². The Hall–Kier alpha value is -3.46. The predicted molar refractivity (Wildman–Crippen MR) is 109 cm³/mol. The average Bonchev–Trinajstić information content (AvgIpc) is 3.35. The second-order valence-corrected chi connectivity index (χ2v) is 7.65. The first-order chi connectivity index (χ1) is 14.0. The van der Waals surface area contributed by atoms with Crippen LogP contribution in [0.3, 0.4) is 0 Å². The molecule has 1 aliphatic heterocycles. The Kier molecular flexibility index (Phi) is 4.89. The molecule has 0 saturated carbocycles. The first kappa shape index (κ1) is 18.9. The number of nitrogens with zero attached hydrogens (tertiary/aromatic N) is 3. The Bertz CT molecular complexity index is 1200. The molecule has 0 saturated heterocycles. The minimum absolute atomic E-state index is 0.0906. The monoisotopic (exact) mass is 410 g/mol. The van der Waals surface area contributed by atoms with Gasteiger partial charge in [0.15, 0.2) is 0 Å². The van der Waals surface area contributed by atoms with E-state index in [4.69, 9.17) is 0 Å². The number of aromatic nitrogens is 2. The molecule has 8 nitrogen and oxygen atoms in total. The van der Waals surface area contributed by atoms with Crippen LogP contribution in [0.2, 0.25) is 0 Å². The third kappa shape index (κ3) is 3.52. The van der Waals surface area contributed by atoms with Gasteiger partial charge in [-0.15, -0.1) is 11.3 Å². The van der Waals surface area contributed by atoms with Crippen molar-refractivity contribution in [1.29, 1.82) is 0 Å². The van der Waals surface area contributed by atoms with Gasteiger partial charge in [0.1, 0.15) is 5.56 Å². The Morgan fingerprint density at radius 2 is 2.00 bits per heavy atom. The molecule has 9 heteroatoms. The zero-order valence-electron chi connectivity index (χ0n) is 15.5. The third-order valence-corrected chi connectivity index (χ3v) is 5.72. The maximum absolute atomic E-state index is 12.5. The van der Waals surface area contributed by atoms with Crippen LogP contribution < -0.4 is 11.2 Å². The van der Waals surface area contributed by atoms with Gasteiger partial charge in [-0.3, -0.25) is 19.1 Å². The van der Waals surface area contributed by atoms with Gasteiger partial charge in [-0.05, 0) is 17.0 Å². The van der Waals surface area contributed by atoms with Crippen LogP contribution >= 0.6 is 11.3 Å². The average molecular weight is 410 g/mol. The second kappa shape index (κ2) is 7.51. The highest BCUT2D eigenvalue weighted by molar-refractivity contribution is 7.10. The van der Waals surface area contributed by atoms with E-state index in [2.05, 4.69) is 10.1 Å². The van der Waals surface area contributed by atoms with Crippen molar-refractivity contribution in [3.05, 3.63) is 84.7 Å². The Morgan fingerprint density at radius 1 is 1.24 bits per heavy atom. The van der Waals surface area contributed by atoms with E-state index in [9.17, 15) is 19.5 Å². The summed E-state index contributed by atoms with van der Waals surface area (Å²) >= 11 is 1.48. The standard InChI is InChI=1S/C20H18N4O4S/c1-12(25)24-15(16-8-5-9-29-16)10-14(22-24)17-18(26)21-20(28)23(19(17)27)11-13-6-3-2-4-7-13/h2-9,15,27H,10-11H2,1H3,(H,21,26,28). The first-order valence-electron chi connectivity index (χ1n) is 8.96. The zero-order valence-corrected chi connectivity index (χ0v) is 16.3. The molecule has 1 unspecified atom stereocenters. The number of thiophene rings is 1. The number of H-pyrrole nitrogens is 1. The fourth-order valence-electron chi connectivity index (χ4n) is 3.39. The number of hydrogen-bond acceptors (Lipinski definition) is 6. The van der Waals surface area contributed by atoms with E-state index >= 15 is 0 Å². The Labute approximate surface area is 169 Å². The zero-order chi connectivity index (χ0) is 20.5. The number of hydrogen-bond donors (Lipinski definition) is 2. The van der Waals surface area contributed by atoms with Crippen molar-refractivity contribution in [2.24, 2.45) is 5.10 Å². The van der Waals surface area contributed by atoms with Crippen molar-refractivity contribution in [2.45, 2.75) is 25.9 Å². The molecule has 0 spiro atoms. The second-order valence-electron chi connectivity index (χ2n) is 6.68. The van der Waals surface area contributed by atoms with Crippen LogP contribution in [0.1, 0.15) is 35.4 Å². The number of benzene rings is 1. The van der Waals surface area contributed by atoms with Gasteiger partial charge < -0.3 is 5.11 Å². The van der Waals surface area contributed by atoms with E-state index in [1.807, 2.05) is 47.8 Å². The van der Waals surface area contributed by atoms with Crippen LogP contribution in [0, 0.1) is 0 Å². The van der Waals surface area contributed by atoms with Gasteiger partial charge in [0.25, 0.3) is 5.56 Å². The summed E-state index contributed by atoms with van der Waals surface area (Å²) in [5.41, 5.74) is -0.481. The van der Waals surface area contributed by atoms with E-state index in [1.54, 1.807) is 0 Å². The molecule has 0 aliphatic carbocycles. The molecular formula is C20H18N4O4S. The summed E-state index contributed by atoms with van der Waals surface area (Å²) < 4.78 is 1.09. The van der Waals surface area contributed by atoms with Crippen molar-refractivity contribution in [2.75, 3.05) is 0 Å². The molecule has 1 atom stereocenters. The maximum Gasteiger partial charge on any atom is 0.331 e. The lowest BCUT2D eigenvalue weighted by atomic mass is 10.0. The molecule has 29 heavy (non-hydrogen) atoms. The molecule has 4 rings (SSSR count). The molecule has 0 radical (unpaired) electrons. The van der Waals surface area contributed by atoms with Crippen LogP contribution in [-0.4, -0.2) is 31.3 Å². The highest BCUT2D eigenvalue weighted by Gasteiger charge is 2.34. The molecule has 2 aromatic heterocycles. The van der Waals surface area contributed by atoms with E-state index in [-0.39, 0.29) is 36.2 Å². The molecule has 148 valence electrons. The first-order valence-corrected chi connectivity index (χ1v) is 9.84. The number of rotatable bonds is 4. The van der Waals surface area contributed by atoms with Crippen molar-refractivity contribution in [3.63, 3.8) is 0 Å². The summed E-state index contributed by atoms with van der Waals surface area (Å²) in [6.07, 6.45) is 0.264. The lowest BCUT2D eigenvalue weighted by Crippen LogP contribution is -2.34. The van der Waals surface area contributed by atoms with Crippen LogP contribution in [0.4, 0.5) is 0 Å². The number of carbonyl (C=O) groups excluding carboxylic acids is 1. The van der Waals surface area contributed by atoms with Crippen LogP contribution in [0.25, 0.3) is 0 Å². The SMILES string of the molecule is CC(=O)N1N=C(c2c(O)n(Cc3ccccc3)c(=O)[nH]c2=O)CC1c1cccs1. The van der Waals surface area contributed by atoms with E-state index < -0.39 is 17.1 Å². The summed E-state index contributed by atoms with van der Waals surface area (Å²) in [6, 6.07) is 12.5. The summed E-state index contributed by atoms with van der Waals surface area (Å²) in [4.78, 5) is 40.1. The van der Waals surface area contributed by atoms with Crippen molar-refractivity contribution in [1.82, 2.24) is 14.6 Å². The number of aromatic amines is 1. The van der Waals surface area contributed by atoms with E-state index in [0.717, 1.165) is 15.0 Å². The molecule has 0 fully saturated rings. The lowest BCUT2D eigenvalue weighted by molar-refractivity contribution is -0.130. The molecule has 3 heterocycles.